The summed E-state index contributed by atoms with van der Waals surface area (Å²) in [5, 5.41) is 21.5. The van der Waals surface area contributed by atoms with Crippen molar-refractivity contribution >= 4 is 24.5 Å². The molecule has 3 atom stereocenters. The van der Waals surface area contributed by atoms with Gasteiger partial charge in [0.1, 0.15) is 11.8 Å². The lowest BCUT2D eigenvalue weighted by atomic mass is 9.84. The first-order chi connectivity index (χ1) is 13.0. The number of hydrogen-bond acceptors (Lipinski definition) is 4. The average molecular weight is 388 g/mol. The molecule has 0 spiro atoms. The Hall–Kier alpha value is -2.47. The summed E-state index contributed by atoms with van der Waals surface area (Å²) < 4.78 is 0. The predicted octanol–water partition coefficient (Wildman–Crippen LogP) is 3.24. The zero-order valence-corrected chi connectivity index (χ0v) is 16.1. The lowest BCUT2D eigenvalue weighted by Gasteiger charge is -2.26. The molecule has 0 aliphatic heterocycles. The fraction of sp³-hybridized carbons (Fsp3) is 0.333. The molecule has 0 heterocycles. The smallest absolute Gasteiger partial charge is 0.326 e. The summed E-state index contributed by atoms with van der Waals surface area (Å²) in [6.07, 6.45) is 0.890. The van der Waals surface area contributed by atoms with E-state index in [1.807, 2.05) is 37.3 Å². The van der Waals surface area contributed by atoms with E-state index in [1.165, 1.54) is 12.1 Å². The van der Waals surface area contributed by atoms with Crippen LogP contribution in [0.15, 0.2) is 54.6 Å². The molecule has 1 amide bonds. The Kier molecular flexibility index (Phi) is 7.73. The fourth-order valence-corrected chi connectivity index (χ4v) is 3.61. The van der Waals surface area contributed by atoms with Crippen LogP contribution < -0.4 is 5.32 Å². The van der Waals surface area contributed by atoms with Crippen LogP contribution in [-0.2, 0) is 16.0 Å². The number of benzene rings is 2. The minimum absolute atomic E-state index is 0.0354. The van der Waals surface area contributed by atoms with Gasteiger partial charge in [-0.05, 0) is 35.6 Å². The summed E-state index contributed by atoms with van der Waals surface area (Å²) in [6.45, 7) is 2.01. The highest BCUT2D eigenvalue weighted by atomic mass is 32.1. The Morgan fingerprint density at radius 1 is 1.07 bits per heavy atom. The SMILES string of the molecule is CCC(c1ccccc1)C(CS)C(=O)N[C@@H](Cc1ccc(O)cc1)C(=O)O. The lowest BCUT2D eigenvalue weighted by Crippen LogP contribution is -2.46. The largest absolute Gasteiger partial charge is 0.508 e. The van der Waals surface area contributed by atoms with Crippen LogP contribution in [0.4, 0.5) is 0 Å². The molecule has 2 unspecified atom stereocenters. The second kappa shape index (κ2) is 10.0. The molecule has 0 saturated heterocycles. The maximum Gasteiger partial charge on any atom is 0.326 e. The third kappa shape index (κ3) is 5.76. The zero-order chi connectivity index (χ0) is 19.8. The van der Waals surface area contributed by atoms with Gasteiger partial charge in [-0.1, -0.05) is 49.4 Å². The lowest BCUT2D eigenvalue weighted by molar-refractivity contribution is -0.142. The van der Waals surface area contributed by atoms with Crippen LogP contribution in [0.1, 0.15) is 30.4 Å². The van der Waals surface area contributed by atoms with E-state index in [0.29, 0.717) is 5.75 Å². The highest BCUT2D eigenvalue weighted by Gasteiger charge is 2.30. The van der Waals surface area contributed by atoms with Gasteiger partial charge in [0.25, 0.3) is 0 Å². The highest BCUT2D eigenvalue weighted by molar-refractivity contribution is 7.80. The Labute approximate surface area is 164 Å². The third-order valence-electron chi connectivity index (χ3n) is 4.68. The van der Waals surface area contributed by atoms with Crippen LogP contribution in [0.25, 0.3) is 0 Å². The van der Waals surface area contributed by atoms with Crippen molar-refractivity contribution in [1.29, 1.82) is 0 Å². The van der Waals surface area contributed by atoms with Crippen LogP contribution in [0.3, 0.4) is 0 Å². The summed E-state index contributed by atoms with van der Waals surface area (Å²) in [5.74, 6) is -1.44. The number of hydrogen-bond donors (Lipinski definition) is 4. The molecule has 0 radical (unpaired) electrons. The van der Waals surface area contributed by atoms with Gasteiger partial charge < -0.3 is 15.5 Å². The van der Waals surface area contributed by atoms with E-state index in [0.717, 1.165) is 17.5 Å². The molecule has 2 aromatic carbocycles. The standard InChI is InChI=1S/C21H25NO4S/c1-2-17(15-6-4-3-5-7-15)18(13-27)20(24)22-19(21(25)26)12-14-8-10-16(23)11-9-14/h3-11,17-19,23,27H,2,12-13H2,1H3,(H,22,24)(H,25,26)/t17?,18?,19-/m0/s1. The van der Waals surface area contributed by atoms with Gasteiger partial charge in [-0.25, -0.2) is 4.79 Å². The molecule has 27 heavy (non-hydrogen) atoms. The molecule has 0 bridgehead atoms. The Morgan fingerprint density at radius 2 is 1.70 bits per heavy atom. The van der Waals surface area contributed by atoms with Gasteiger partial charge in [0, 0.05) is 12.2 Å². The second-order valence-corrected chi connectivity index (χ2v) is 6.85. The average Bonchev–Trinajstić information content (AvgIpc) is 2.67. The number of carboxylic acids is 1. The van der Waals surface area contributed by atoms with Gasteiger partial charge in [-0.2, -0.15) is 12.6 Å². The number of nitrogens with one attached hydrogen (secondary N) is 1. The van der Waals surface area contributed by atoms with E-state index in [1.54, 1.807) is 12.1 Å². The molecule has 0 aliphatic carbocycles. The number of carboxylic acid groups (broad SMARTS) is 1. The molecule has 0 aliphatic rings. The van der Waals surface area contributed by atoms with Gasteiger partial charge in [-0.3, -0.25) is 4.79 Å². The summed E-state index contributed by atoms with van der Waals surface area (Å²) >= 11 is 4.35. The molecule has 0 aromatic heterocycles. The van der Waals surface area contributed by atoms with Gasteiger partial charge in [0.2, 0.25) is 5.91 Å². The van der Waals surface area contributed by atoms with Crippen molar-refractivity contribution in [3.63, 3.8) is 0 Å². The van der Waals surface area contributed by atoms with E-state index in [2.05, 4.69) is 17.9 Å². The van der Waals surface area contributed by atoms with E-state index >= 15 is 0 Å². The second-order valence-electron chi connectivity index (χ2n) is 6.48. The molecule has 144 valence electrons. The summed E-state index contributed by atoms with van der Waals surface area (Å²) in [4.78, 5) is 24.5. The van der Waals surface area contributed by atoms with E-state index in [-0.39, 0.29) is 24.0 Å². The zero-order valence-electron chi connectivity index (χ0n) is 15.2. The number of thiol groups is 1. The molecule has 0 saturated carbocycles. The Balaban J connectivity index is 2.14. The number of rotatable bonds is 9. The van der Waals surface area contributed by atoms with Crippen LogP contribution in [0, 0.1) is 5.92 Å². The minimum Gasteiger partial charge on any atom is -0.508 e. The van der Waals surface area contributed by atoms with Crippen molar-refractivity contribution in [2.75, 3.05) is 5.75 Å². The van der Waals surface area contributed by atoms with Crippen LogP contribution in [0.2, 0.25) is 0 Å². The monoisotopic (exact) mass is 387 g/mol. The maximum atomic E-state index is 12.8. The van der Waals surface area contributed by atoms with Crippen molar-refractivity contribution in [3.05, 3.63) is 65.7 Å². The van der Waals surface area contributed by atoms with Gasteiger partial charge in [0.05, 0.1) is 5.92 Å². The number of aromatic hydroxyl groups is 1. The number of amides is 1. The van der Waals surface area contributed by atoms with E-state index in [9.17, 15) is 19.8 Å². The molecule has 6 heteroatoms. The summed E-state index contributed by atoms with van der Waals surface area (Å²) in [5.41, 5.74) is 1.76. The van der Waals surface area contributed by atoms with Gasteiger partial charge in [-0.15, -0.1) is 0 Å². The van der Waals surface area contributed by atoms with Crippen molar-refractivity contribution in [2.24, 2.45) is 5.92 Å². The van der Waals surface area contributed by atoms with Crippen molar-refractivity contribution < 1.29 is 19.8 Å². The molecule has 3 N–H and O–H groups in total. The minimum atomic E-state index is -1.10. The molecular formula is C21H25NO4S. The molecule has 0 fully saturated rings. The first-order valence-corrected chi connectivity index (χ1v) is 9.56. The Bertz CT molecular complexity index is 749. The van der Waals surface area contributed by atoms with E-state index < -0.39 is 17.9 Å². The molecule has 5 nitrogen and oxygen atoms in total. The molecule has 2 aromatic rings. The summed E-state index contributed by atoms with van der Waals surface area (Å²) in [7, 11) is 0. The van der Waals surface area contributed by atoms with Gasteiger partial charge in [0.15, 0.2) is 0 Å². The topological polar surface area (TPSA) is 86.6 Å². The number of phenols is 1. The number of phenolic OH excluding ortho intramolecular Hbond substituents is 1. The third-order valence-corrected chi connectivity index (χ3v) is 5.07. The van der Waals surface area contributed by atoms with Gasteiger partial charge >= 0.3 is 5.97 Å². The van der Waals surface area contributed by atoms with Crippen molar-refractivity contribution in [3.8, 4) is 5.75 Å². The Morgan fingerprint density at radius 3 is 2.22 bits per heavy atom. The normalized spacial score (nSPS) is 14.1. The van der Waals surface area contributed by atoms with Crippen LogP contribution >= 0.6 is 12.6 Å². The van der Waals surface area contributed by atoms with Crippen molar-refractivity contribution in [2.45, 2.75) is 31.7 Å². The van der Waals surface area contributed by atoms with Crippen LogP contribution in [-0.4, -0.2) is 33.9 Å². The molecule has 2 rings (SSSR count). The highest BCUT2D eigenvalue weighted by Crippen LogP contribution is 2.29. The number of carbonyl (C=O) groups excluding carboxylic acids is 1. The maximum absolute atomic E-state index is 12.8. The first-order valence-electron chi connectivity index (χ1n) is 8.93. The van der Waals surface area contributed by atoms with Crippen molar-refractivity contribution in [1.82, 2.24) is 5.32 Å². The number of carbonyl (C=O) groups is 2. The summed E-state index contributed by atoms with van der Waals surface area (Å²) in [6, 6.07) is 15.0. The quantitative estimate of drug-likeness (QED) is 0.498. The first kappa shape index (κ1) is 20.8. The fourth-order valence-electron chi connectivity index (χ4n) is 3.19. The van der Waals surface area contributed by atoms with Crippen LogP contribution in [0.5, 0.6) is 5.75 Å². The number of aliphatic carboxylic acids is 1. The van der Waals surface area contributed by atoms with E-state index in [4.69, 9.17) is 0 Å². The molecular weight excluding hydrogens is 362 g/mol. The predicted molar refractivity (Wildman–Crippen MR) is 108 cm³/mol.